The molecule has 0 spiro atoms. The van der Waals surface area contributed by atoms with Crippen LogP contribution in [0.15, 0.2) is 36.5 Å². The van der Waals surface area contributed by atoms with Gasteiger partial charge in [-0.25, -0.2) is 0 Å². The largest absolute Gasteiger partial charge is 0.480 e. The van der Waals surface area contributed by atoms with Crippen molar-refractivity contribution in [1.82, 2.24) is 4.57 Å². The number of carbonyl (C=O) groups is 1. The van der Waals surface area contributed by atoms with Crippen LogP contribution in [0, 0.1) is 0 Å². The lowest BCUT2D eigenvalue weighted by Gasteiger charge is -1.99. The average molecular weight is 175 g/mol. The molecular formula is C10H9NO2. The average Bonchev–Trinajstić information content (AvgIpc) is 2.48. The zero-order valence-corrected chi connectivity index (χ0v) is 6.97. The summed E-state index contributed by atoms with van der Waals surface area (Å²) < 4.78 is 1.72. The molecule has 2 rings (SSSR count). The Kier molecular flexibility index (Phi) is 1.77. The lowest BCUT2D eigenvalue weighted by molar-refractivity contribution is -0.137. The van der Waals surface area contributed by atoms with Crippen LogP contribution in [0.25, 0.3) is 10.9 Å². The summed E-state index contributed by atoms with van der Waals surface area (Å²) in [6.07, 6.45) is 1.79. The topological polar surface area (TPSA) is 42.2 Å². The van der Waals surface area contributed by atoms with Gasteiger partial charge in [-0.1, -0.05) is 18.2 Å². The number of hydrogen-bond acceptors (Lipinski definition) is 1. The Hall–Kier alpha value is -1.77. The predicted molar refractivity (Wildman–Crippen MR) is 49.6 cm³/mol. The van der Waals surface area contributed by atoms with Gasteiger partial charge in [0.15, 0.2) is 0 Å². The molecule has 0 amide bonds. The maximum Gasteiger partial charge on any atom is 0.323 e. The summed E-state index contributed by atoms with van der Waals surface area (Å²) >= 11 is 0. The number of hydrogen-bond donors (Lipinski definition) is 1. The lowest BCUT2D eigenvalue weighted by Crippen LogP contribution is -2.06. The molecule has 0 bridgehead atoms. The van der Waals surface area contributed by atoms with E-state index in [0.29, 0.717) is 0 Å². The molecule has 66 valence electrons. The van der Waals surface area contributed by atoms with E-state index in [1.165, 1.54) is 0 Å². The van der Waals surface area contributed by atoms with Crippen molar-refractivity contribution >= 4 is 16.9 Å². The van der Waals surface area contributed by atoms with Gasteiger partial charge < -0.3 is 9.67 Å². The first-order chi connectivity index (χ1) is 6.27. The van der Waals surface area contributed by atoms with Gasteiger partial charge in [0.25, 0.3) is 0 Å². The summed E-state index contributed by atoms with van der Waals surface area (Å²) in [6, 6.07) is 9.64. The minimum absolute atomic E-state index is 0.0213. The molecule has 1 N–H and O–H groups in total. The molecule has 0 unspecified atom stereocenters. The van der Waals surface area contributed by atoms with Crippen LogP contribution in [0.5, 0.6) is 0 Å². The molecule has 0 aliphatic heterocycles. The SMILES string of the molecule is O=C(O)Cn1ccc2ccccc21. The van der Waals surface area contributed by atoms with Crippen LogP contribution in [-0.4, -0.2) is 15.6 Å². The molecule has 0 atom stereocenters. The van der Waals surface area contributed by atoms with Crippen molar-refractivity contribution in [3.63, 3.8) is 0 Å². The molecule has 0 aliphatic carbocycles. The molecule has 3 nitrogen and oxygen atoms in total. The standard InChI is InChI=1S/C10H9NO2/c12-10(13)7-11-6-5-8-3-1-2-4-9(8)11/h1-6H,7H2,(H,12,13). The Bertz CT molecular complexity index is 445. The maximum absolute atomic E-state index is 10.5. The Labute approximate surface area is 75.2 Å². The zero-order chi connectivity index (χ0) is 9.26. The highest BCUT2D eigenvalue weighted by Crippen LogP contribution is 2.14. The third-order valence-corrected chi connectivity index (χ3v) is 1.99. The number of rotatable bonds is 2. The van der Waals surface area contributed by atoms with Crippen molar-refractivity contribution in [2.75, 3.05) is 0 Å². The highest BCUT2D eigenvalue weighted by molar-refractivity contribution is 5.81. The van der Waals surface area contributed by atoms with Crippen LogP contribution in [0.3, 0.4) is 0 Å². The minimum atomic E-state index is -0.818. The molecule has 13 heavy (non-hydrogen) atoms. The highest BCUT2D eigenvalue weighted by Gasteiger charge is 2.02. The van der Waals surface area contributed by atoms with E-state index >= 15 is 0 Å². The van der Waals surface area contributed by atoms with Crippen molar-refractivity contribution in [2.45, 2.75) is 6.54 Å². The second-order valence-electron chi connectivity index (χ2n) is 2.90. The molecule has 0 radical (unpaired) electrons. The lowest BCUT2D eigenvalue weighted by atomic mass is 10.2. The molecule has 0 aliphatic rings. The van der Waals surface area contributed by atoms with Gasteiger partial charge in [-0.3, -0.25) is 4.79 Å². The van der Waals surface area contributed by atoms with E-state index in [1.54, 1.807) is 10.8 Å². The monoisotopic (exact) mass is 175 g/mol. The molecule has 0 saturated carbocycles. The van der Waals surface area contributed by atoms with Gasteiger partial charge in [0.2, 0.25) is 0 Å². The fraction of sp³-hybridized carbons (Fsp3) is 0.100. The van der Waals surface area contributed by atoms with Crippen LogP contribution in [0.4, 0.5) is 0 Å². The second kappa shape index (κ2) is 2.94. The summed E-state index contributed by atoms with van der Waals surface area (Å²) in [5.41, 5.74) is 0.963. The molecule has 0 fully saturated rings. The second-order valence-corrected chi connectivity index (χ2v) is 2.90. The number of para-hydroxylation sites is 1. The van der Waals surface area contributed by atoms with Crippen LogP contribution < -0.4 is 0 Å². The number of benzene rings is 1. The zero-order valence-electron chi connectivity index (χ0n) is 6.97. The molecular weight excluding hydrogens is 166 g/mol. The van der Waals surface area contributed by atoms with Gasteiger partial charge in [0.05, 0.1) is 0 Å². The van der Waals surface area contributed by atoms with E-state index in [0.717, 1.165) is 10.9 Å². The van der Waals surface area contributed by atoms with E-state index < -0.39 is 5.97 Å². The molecule has 1 aromatic carbocycles. The van der Waals surface area contributed by atoms with Crippen molar-refractivity contribution in [3.8, 4) is 0 Å². The first-order valence-electron chi connectivity index (χ1n) is 4.03. The van der Waals surface area contributed by atoms with E-state index in [9.17, 15) is 4.79 Å². The third-order valence-electron chi connectivity index (χ3n) is 1.99. The summed E-state index contributed by atoms with van der Waals surface area (Å²) in [7, 11) is 0. The first kappa shape index (κ1) is 7.86. The van der Waals surface area contributed by atoms with Gasteiger partial charge in [-0.2, -0.15) is 0 Å². The number of aliphatic carboxylic acids is 1. The Morgan fingerprint density at radius 1 is 1.31 bits per heavy atom. The van der Waals surface area contributed by atoms with Crippen LogP contribution in [0.1, 0.15) is 0 Å². The number of nitrogens with zero attached hydrogens (tertiary/aromatic N) is 1. The summed E-state index contributed by atoms with van der Waals surface area (Å²) in [4.78, 5) is 10.5. The van der Waals surface area contributed by atoms with Gasteiger partial charge in [-0.15, -0.1) is 0 Å². The summed E-state index contributed by atoms with van der Waals surface area (Å²) in [6.45, 7) is 0.0213. The van der Waals surface area contributed by atoms with Crippen LogP contribution >= 0.6 is 0 Å². The highest BCUT2D eigenvalue weighted by atomic mass is 16.4. The number of aromatic nitrogens is 1. The molecule has 1 aromatic heterocycles. The summed E-state index contributed by atoms with van der Waals surface area (Å²) in [5, 5.41) is 9.70. The number of carboxylic acid groups (broad SMARTS) is 1. The van der Waals surface area contributed by atoms with Gasteiger partial charge in [0, 0.05) is 11.7 Å². The fourth-order valence-corrected chi connectivity index (χ4v) is 1.42. The molecule has 3 heteroatoms. The molecule has 2 aromatic rings. The molecule has 0 saturated heterocycles. The predicted octanol–water partition coefficient (Wildman–Crippen LogP) is 1.73. The van der Waals surface area contributed by atoms with Gasteiger partial charge >= 0.3 is 5.97 Å². The minimum Gasteiger partial charge on any atom is -0.480 e. The van der Waals surface area contributed by atoms with E-state index in [-0.39, 0.29) is 6.54 Å². The van der Waals surface area contributed by atoms with Crippen molar-refractivity contribution in [2.24, 2.45) is 0 Å². The Balaban J connectivity index is 2.51. The molecule has 1 heterocycles. The Morgan fingerprint density at radius 3 is 2.85 bits per heavy atom. The number of carboxylic acids is 1. The number of fused-ring (bicyclic) bond motifs is 1. The first-order valence-corrected chi connectivity index (χ1v) is 4.03. The van der Waals surface area contributed by atoms with E-state index in [4.69, 9.17) is 5.11 Å². The van der Waals surface area contributed by atoms with Crippen molar-refractivity contribution in [1.29, 1.82) is 0 Å². The van der Waals surface area contributed by atoms with Gasteiger partial charge in [0.1, 0.15) is 6.54 Å². The van der Waals surface area contributed by atoms with Crippen LogP contribution in [0.2, 0.25) is 0 Å². The van der Waals surface area contributed by atoms with Crippen LogP contribution in [-0.2, 0) is 11.3 Å². The quantitative estimate of drug-likeness (QED) is 0.755. The van der Waals surface area contributed by atoms with Crippen molar-refractivity contribution < 1.29 is 9.90 Å². The normalized spacial score (nSPS) is 10.5. The smallest absolute Gasteiger partial charge is 0.323 e. The Morgan fingerprint density at radius 2 is 2.08 bits per heavy atom. The fourth-order valence-electron chi connectivity index (χ4n) is 1.42. The van der Waals surface area contributed by atoms with E-state index in [2.05, 4.69) is 0 Å². The summed E-state index contributed by atoms with van der Waals surface area (Å²) in [5.74, 6) is -0.818. The van der Waals surface area contributed by atoms with E-state index in [1.807, 2.05) is 30.3 Å². The van der Waals surface area contributed by atoms with Crippen molar-refractivity contribution in [3.05, 3.63) is 36.5 Å². The maximum atomic E-state index is 10.5. The van der Waals surface area contributed by atoms with Gasteiger partial charge in [-0.05, 0) is 17.5 Å². The third kappa shape index (κ3) is 1.40.